The number of carbonyl (C=O) groups is 2. The van der Waals surface area contributed by atoms with Gasteiger partial charge in [-0.15, -0.1) is 24.2 Å². The van der Waals surface area contributed by atoms with Crippen LogP contribution < -0.4 is 10.6 Å². The van der Waals surface area contributed by atoms with Crippen molar-refractivity contribution in [3.8, 4) is 0 Å². The summed E-state index contributed by atoms with van der Waals surface area (Å²) in [5, 5.41) is 6.55. The Kier molecular flexibility index (Phi) is 7.04. The number of halogens is 1. The van der Waals surface area contributed by atoms with E-state index in [0.717, 1.165) is 50.9 Å². The van der Waals surface area contributed by atoms with Crippen LogP contribution in [0.4, 0.5) is 0 Å². The molecule has 1 saturated carbocycles. The normalized spacial score (nSPS) is 31.7. The van der Waals surface area contributed by atoms with Gasteiger partial charge >= 0.3 is 0 Å². The molecular formula is C16H28ClN3O2S. The van der Waals surface area contributed by atoms with Crippen LogP contribution in [0.5, 0.6) is 0 Å². The lowest BCUT2D eigenvalue weighted by Crippen LogP contribution is -2.55. The van der Waals surface area contributed by atoms with Crippen LogP contribution >= 0.6 is 24.2 Å². The number of nitrogens with one attached hydrogen (secondary N) is 2. The largest absolute Gasteiger partial charge is 0.351 e. The second kappa shape index (κ2) is 8.58. The zero-order valence-electron chi connectivity index (χ0n) is 13.8. The maximum Gasteiger partial charge on any atom is 0.243 e. The first-order valence-electron chi connectivity index (χ1n) is 8.56. The van der Waals surface area contributed by atoms with Crippen LogP contribution in [0.2, 0.25) is 0 Å². The molecule has 2 N–H and O–H groups in total. The first kappa shape index (κ1) is 18.9. The SMILES string of the molecule is CC1CNCCC1NC(=O)C1CSCN1C(=O)C1CCCC1.Cl. The van der Waals surface area contributed by atoms with E-state index in [1.54, 1.807) is 11.8 Å². The molecular weight excluding hydrogens is 334 g/mol. The molecule has 5 nitrogen and oxygen atoms in total. The van der Waals surface area contributed by atoms with Gasteiger partial charge in [0.25, 0.3) is 0 Å². The Hall–Kier alpha value is -0.460. The van der Waals surface area contributed by atoms with Gasteiger partial charge in [-0.3, -0.25) is 9.59 Å². The number of nitrogens with zero attached hydrogens (tertiary/aromatic N) is 1. The summed E-state index contributed by atoms with van der Waals surface area (Å²) in [6.07, 6.45) is 5.28. The molecule has 7 heteroatoms. The molecule has 0 bridgehead atoms. The zero-order chi connectivity index (χ0) is 15.5. The van der Waals surface area contributed by atoms with E-state index in [-0.39, 0.29) is 42.2 Å². The van der Waals surface area contributed by atoms with Crippen molar-refractivity contribution < 1.29 is 9.59 Å². The topological polar surface area (TPSA) is 61.4 Å². The van der Waals surface area contributed by atoms with Crippen molar-refractivity contribution >= 4 is 36.0 Å². The highest BCUT2D eigenvalue weighted by atomic mass is 35.5. The summed E-state index contributed by atoms with van der Waals surface area (Å²) in [5.41, 5.74) is 0. The molecule has 3 atom stereocenters. The molecule has 3 unspecified atom stereocenters. The molecule has 132 valence electrons. The second-order valence-electron chi connectivity index (χ2n) is 6.89. The molecule has 1 aliphatic carbocycles. The van der Waals surface area contributed by atoms with Crippen LogP contribution in [0.25, 0.3) is 0 Å². The van der Waals surface area contributed by atoms with Gasteiger partial charge in [-0.05, 0) is 38.3 Å². The Balaban J connectivity index is 0.00000192. The molecule has 3 fully saturated rings. The summed E-state index contributed by atoms with van der Waals surface area (Å²) in [6, 6.07) is -0.0250. The Morgan fingerprint density at radius 3 is 2.65 bits per heavy atom. The minimum atomic E-state index is -0.264. The summed E-state index contributed by atoms with van der Waals surface area (Å²) in [4.78, 5) is 27.1. The monoisotopic (exact) mass is 361 g/mol. The lowest BCUT2D eigenvalue weighted by Gasteiger charge is -2.32. The van der Waals surface area contributed by atoms with Crippen LogP contribution in [0, 0.1) is 11.8 Å². The van der Waals surface area contributed by atoms with Crippen molar-refractivity contribution in [2.45, 2.75) is 51.1 Å². The van der Waals surface area contributed by atoms with Gasteiger partial charge in [-0.1, -0.05) is 19.8 Å². The molecule has 2 aliphatic heterocycles. The Morgan fingerprint density at radius 2 is 1.96 bits per heavy atom. The van der Waals surface area contributed by atoms with Crippen molar-refractivity contribution in [3.05, 3.63) is 0 Å². The number of amides is 2. The van der Waals surface area contributed by atoms with Crippen LogP contribution in [0.15, 0.2) is 0 Å². The molecule has 0 aromatic heterocycles. The quantitative estimate of drug-likeness (QED) is 0.801. The molecule has 2 heterocycles. The molecule has 0 aromatic carbocycles. The van der Waals surface area contributed by atoms with Gasteiger partial charge in [0.1, 0.15) is 6.04 Å². The lowest BCUT2D eigenvalue weighted by atomic mass is 9.95. The van der Waals surface area contributed by atoms with E-state index in [0.29, 0.717) is 11.8 Å². The van der Waals surface area contributed by atoms with Crippen molar-refractivity contribution in [1.29, 1.82) is 0 Å². The molecule has 3 rings (SSSR count). The Labute approximate surface area is 149 Å². The van der Waals surface area contributed by atoms with E-state index in [9.17, 15) is 9.59 Å². The van der Waals surface area contributed by atoms with E-state index < -0.39 is 0 Å². The highest BCUT2D eigenvalue weighted by molar-refractivity contribution is 7.99. The molecule has 23 heavy (non-hydrogen) atoms. The number of hydrogen-bond donors (Lipinski definition) is 2. The standard InChI is InChI=1S/C16H27N3O2S.ClH/c1-11-8-17-7-6-13(11)18-15(20)14-9-22-10-19(14)16(21)12-4-2-3-5-12;/h11-14,17H,2-10H2,1H3,(H,18,20);1H. The summed E-state index contributed by atoms with van der Waals surface area (Å²) in [5.74, 6) is 2.28. The smallest absolute Gasteiger partial charge is 0.243 e. The minimum absolute atomic E-state index is 0. The van der Waals surface area contributed by atoms with Crippen molar-refractivity contribution in [3.63, 3.8) is 0 Å². The fraction of sp³-hybridized carbons (Fsp3) is 0.875. The molecule has 0 spiro atoms. The van der Waals surface area contributed by atoms with Gasteiger partial charge in [-0.2, -0.15) is 0 Å². The van der Waals surface area contributed by atoms with Gasteiger partial charge in [0.05, 0.1) is 5.88 Å². The van der Waals surface area contributed by atoms with Crippen molar-refractivity contribution in [2.24, 2.45) is 11.8 Å². The average Bonchev–Trinajstić information content (AvgIpc) is 3.20. The number of rotatable bonds is 3. The highest BCUT2D eigenvalue weighted by Crippen LogP contribution is 2.31. The van der Waals surface area contributed by atoms with Gasteiger partial charge in [0.15, 0.2) is 0 Å². The maximum atomic E-state index is 12.7. The predicted octanol–water partition coefficient (Wildman–Crippen LogP) is 1.61. The molecule has 2 saturated heterocycles. The average molecular weight is 362 g/mol. The van der Waals surface area contributed by atoms with E-state index in [4.69, 9.17) is 0 Å². The van der Waals surface area contributed by atoms with Crippen LogP contribution in [0.3, 0.4) is 0 Å². The minimum Gasteiger partial charge on any atom is -0.351 e. The fourth-order valence-electron chi connectivity index (χ4n) is 3.79. The van der Waals surface area contributed by atoms with E-state index in [1.165, 1.54) is 0 Å². The third-order valence-electron chi connectivity index (χ3n) is 5.29. The summed E-state index contributed by atoms with van der Waals surface area (Å²) in [6.45, 7) is 4.08. The number of hydrogen-bond acceptors (Lipinski definition) is 4. The fourth-order valence-corrected chi connectivity index (χ4v) is 4.96. The van der Waals surface area contributed by atoms with Crippen molar-refractivity contribution in [2.75, 3.05) is 24.7 Å². The van der Waals surface area contributed by atoms with E-state index >= 15 is 0 Å². The molecule has 2 amide bonds. The molecule has 0 aromatic rings. The molecule has 3 aliphatic rings. The van der Waals surface area contributed by atoms with Crippen LogP contribution in [-0.2, 0) is 9.59 Å². The second-order valence-corrected chi connectivity index (χ2v) is 7.89. The Bertz CT molecular complexity index is 432. The zero-order valence-corrected chi connectivity index (χ0v) is 15.4. The van der Waals surface area contributed by atoms with Gasteiger partial charge in [-0.25, -0.2) is 0 Å². The Morgan fingerprint density at radius 1 is 1.22 bits per heavy atom. The summed E-state index contributed by atoms with van der Waals surface area (Å²) >= 11 is 1.70. The van der Waals surface area contributed by atoms with Gasteiger partial charge in [0, 0.05) is 17.7 Å². The van der Waals surface area contributed by atoms with Gasteiger partial charge in [0.2, 0.25) is 11.8 Å². The number of carbonyl (C=O) groups excluding carboxylic acids is 2. The van der Waals surface area contributed by atoms with Gasteiger partial charge < -0.3 is 15.5 Å². The first-order chi connectivity index (χ1) is 10.7. The van der Waals surface area contributed by atoms with Crippen LogP contribution in [0.1, 0.15) is 39.0 Å². The summed E-state index contributed by atoms with van der Waals surface area (Å²) < 4.78 is 0. The number of thioether (sulfide) groups is 1. The highest BCUT2D eigenvalue weighted by Gasteiger charge is 2.39. The lowest BCUT2D eigenvalue weighted by molar-refractivity contribution is -0.141. The van der Waals surface area contributed by atoms with E-state index in [1.807, 2.05) is 4.90 Å². The summed E-state index contributed by atoms with van der Waals surface area (Å²) in [7, 11) is 0. The maximum absolute atomic E-state index is 12.7. The van der Waals surface area contributed by atoms with Crippen LogP contribution in [-0.4, -0.2) is 53.5 Å². The predicted molar refractivity (Wildman–Crippen MR) is 95.7 cm³/mol. The van der Waals surface area contributed by atoms with E-state index in [2.05, 4.69) is 17.6 Å². The number of piperidine rings is 1. The third-order valence-corrected chi connectivity index (χ3v) is 6.30. The first-order valence-corrected chi connectivity index (χ1v) is 9.71. The van der Waals surface area contributed by atoms with Crippen molar-refractivity contribution in [1.82, 2.24) is 15.5 Å². The third kappa shape index (κ3) is 4.34. The molecule has 0 radical (unpaired) electrons.